The molecule has 2 aromatic heterocycles. The molecule has 0 unspecified atom stereocenters. The Kier molecular flexibility index (Phi) is 7.09. The zero-order valence-corrected chi connectivity index (χ0v) is 19.8. The van der Waals surface area contributed by atoms with Crippen LogP contribution in [0.2, 0.25) is 0 Å². The third-order valence-corrected chi connectivity index (χ3v) is 5.30. The number of carboxylic acids is 1. The maximum atomic E-state index is 12.7. The lowest BCUT2D eigenvalue weighted by Crippen LogP contribution is -2.19. The number of nitrogens with one attached hydrogen (secondary N) is 4. The zero-order valence-electron chi connectivity index (χ0n) is 19.8. The summed E-state index contributed by atoms with van der Waals surface area (Å²) in [6, 6.07) is 7.84. The van der Waals surface area contributed by atoms with Gasteiger partial charge in [-0.3, -0.25) is 14.9 Å². The summed E-state index contributed by atoms with van der Waals surface area (Å²) in [5, 5.41) is 20.9. The second kappa shape index (κ2) is 9.82. The molecule has 0 saturated heterocycles. The van der Waals surface area contributed by atoms with Gasteiger partial charge in [-0.1, -0.05) is 25.9 Å². The second-order valence-electron chi connectivity index (χ2n) is 9.06. The molecule has 3 aromatic rings. The standard InChI is InChI=1S/C24H29N5O5/c1-13-17(10-11-20(30)31)14(2)25-21(13)22(32)26-15-6-8-16(9-7-15)27-23(33)28-19-12-18(34-29-19)24(3,4)5/h6-9,12,25H,10-11H2,1-5H3,(H,26,32)(H,30,31)(H2,27,28,29,33). The Balaban J connectivity index is 1.59. The summed E-state index contributed by atoms with van der Waals surface area (Å²) < 4.78 is 5.25. The van der Waals surface area contributed by atoms with Gasteiger partial charge in [-0.05, 0) is 55.7 Å². The van der Waals surface area contributed by atoms with E-state index in [1.54, 1.807) is 37.3 Å². The highest BCUT2D eigenvalue weighted by Gasteiger charge is 2.21. The molecule has 5 N–H and O–H groups in total. The van der Waals surface area contributed by atoms with Crippen LogP contribution < -0.4 is 16.0 Å². The van der Waals surface area contributed by atoms with Gasteiger partial charge < -0.3 is 25.2 Å². The van der Waals surface area contributed by atoms with E-state index in [1.807, 2.05) is 27.7 Å². The number of aliphatic carboxylic acids is 1. The summed E-state index contributed by atoms with van der Waals surface area (Å²) in [4.78, 5) is 38.9. The summed E-state index contributed by atoms with van der Waals surface area (Å²) in [5.41, 5.74) is 3.58. The molecule has 34 heavy (non-hydrogen) atoms. The van der Waals surface area contributed by atoms with E-state index >= 15 is 0 Å². The van der Waals surface area contributed by atoms with Crippen LogP contribution in [-0.4, -0.2) is 33.2 Å². The maximum Gasteiger partial charge on any atom is 0.324 e. The van der Waals surface area contributed by atoms with Crippen LogP contribution >= 0.6 is 0 Å². The quantitative estimate of drug-likeness (QED) is 0.336. The van der Waals surface area contributed by atoms with Crippen LogP contribution in [0.5, 0.6) is 0 Å². The van der Waals surface area contributed by atoms with Gasteiger partial charge in [-0.25, -0.2) is 4.79 Å². The first-order valence-electron chi connectivity index (χ1n) is 10.8. The van der Waals surface area contributed by atoms with E-state index in [0.717, 1.165) is 16.8 Å². The van der Waals surface area contributed by atoms with Crippen LogP contribution in [0.15, 0.2) is 34.9 Å². The minimum absolute atomic E-state index is 0.00293. The number of aromatic nitrogens is 2. The van der Waals surface area contributed by atoms with Crippen molar-refractivity contribution >= 4 is 35.1 Å². The molecule has 10 heteroatoms. The Hall–Kier alpha value is -4.08. The summed E-state index contributed by atoms with van der Waals surface area (Å²) >= 11 is 0. The summed E-state index contributed by atoms with van der Waals surface area (Å²) in [6.07, 6.45) is 0.349. The minimum atomic E-state index is -0.885. The van der Waals surface area contributed by atoms with Gasteiger partial charge in [-0.15, -0.1) is 0 Å². The predicted octanol–water partition coefficient (Wildman–Crippen LogP) is 4.83. The number of carboxylic acid groups (broad SMARTS) is 1. The molecule has 0 saturated carbocycles. The molecule has 3 rings (SSSR count). The molecule has 2 heterocycles. The van der Waals surface area contributed by atoms with E-state index in [2.05, 4.69) is 26.1 Å². The first kappa shape index (κ1) is 24.6. The smallest absolute Gasteiger partial charge is 0.324 e. The number of carbonyl (C=O) groups is 3. The van der Waals surface area contributed by atoms with Crippen molar-refractivity contribution in [2.75, 3.05) is 16.0 Å². The highest BCUT2D eigenvalue weighted by atomic mass is 16.5. The van der Waals surface area contributed by atoms with E-state index in [-0.39, 0.29) is 17.7 Å². The predicted molar refractivity (Wildman–Crippen MR) is 128 cm³/mol. The highest BCUT2D eigenvalue weighted by Crippen LogP contribution is 2.25. The van der Waals surface area contributed by atoms with Crippen molar-refractivity contribution < 1.29 is 24.0 Å². The molecule has 0 radical (unpaired) electrons. The van der Waals surface area contributed by atoms with Crippen molar-refractivity contribution in [2.45, 2.75) is 52.9 Å². The lowest BCUT2D eigenvalue weighted by atomic mass is 9.93. The lowest BCUT2D eigenvalue weighted by Gasteiger charge is -2.12. The molecule has 0 aliphatic carbocycles. The topological polar surface area (TPSA) is 149 Å². The van der Waals surface area contributed by atoms with E-state index < -0.39 is 12.0 Å². The Morgan fingerprint density at radius 3 is 2.21 bits per heavy atom. The second-order valence-corrected chi connectivity index (χ2v) is 9.06. The number of carbonyl (C=O) groups excluding carboxylic acids is 2. The molecule has 0 aliphatic heterocycles. The van der Waals surface area contributed by atoms with Crippen molar-refractivity contribution in [1.82, 2.24) is 10.1 Å². The van der Waals surface area contributed by atoms with Crippen LogP contribution in [0.4, 0.5) is 22.0 Å². The van der Waals surface area contributed by atoms with Crippen LogP contribution in [0.25, 0.3) is 0 Å². The van der Waals surface area contributed by atoms with Gasteiger partial charge >= 0.3 is 12.0 Å². The number of benzene rings is 1. The van der Waals surface area contributed by atoms with Crippen LogP contribution in [0.1, 0.15) is 60.3 Å². The number of amides is 3. The van der Waals surface area contributed by atoms with Gasteiger partial charge in [0.1, 0.15) is 11.5 Å². The van der Waals surface area contributed by atoms with Crippen molar-refractivity contribution in [2.24, 2.45) is 0 Å². The van der Waals surface area contributed by atoms with Gasteiger partial charge in [0.2, 0.25) is 0 Å². The van der Waals surface area contributed by atoms with Gasteiger partial charge in [-0.2, -0.15) is 0 Å². The van der Waals surface area contributed by atoms with Crippen molar-refractivity contribution in [1.29, 1.82) is 0 Å². The SMILES string of the molecule is Cc1[nH]c(C(=O)Nc2ccc(NC(=O)Nc3cc(C(C)(C)C)on3)cc2)c(C)c1CCC(=O)O. The molecule has 180 valence electrons. The number of rotatable bonds is 7. The molecule has 0 spiro atoms. The van der Waals surface area contributed by atoms with Gasteiger partial charge in [0, 0.05) is 35.0 Å². The fraction of sp³-hybridized carbons (Fsp3) is 0.333. The van der Waals surface area contributed by atoms with E-state index in [4.69, 9.17) is 9.63 Å². The summed E-state index contributed by atoms with van der Waals surface area (Å²) in [5.74, 6) is -0.250. The highest BCUT2D eigenvalue weighted by molar-refractivity contribution is 6.04. The average Bonchev–Trinajstić information content (AvgIpc) is 3.32. The average molecular weight is 468 g/mol. The number of hydrogen-bond donors (Lipinski definition) is 5. The number of nitrogens with zero attached hydrogens (tertiary/aromatic N) is 1. The van der Waals surface area contributed by atoms with Crippen molar-refractivity contribution in [3.8, 4) is 0 Å². The van der Waals surface area contributed by atoms with E-state index in [1.165, 1.54) is 0 Å². The molecule has 0 fully saturated rings. The third-order valence-electron chi connectivity index (χ3n) is 5.30. The van der Waals surface area contributed by atoms with Gasteiger partial charge in [0.05, 0.1) is 0 Å². The number of urea groups is 1. The molecule has 10 nitrogen and oxygen atoms in total. The van der Waals surface area contributed by atoms with E-state index in [9.17, 15) is 14.4 Å². The van der Waals surface area contributed by atoms with Crippen LogP contribution in [-0.2, 0) is 16.6 Å². The number of aryl methyl sites for hydroxylation is 1. The Morgan fingerprint density at radius 1 is 1.03 bits per heavy atom. The number of aromatic amines is 1. The molecule has 0 atom stereocenters. The largest absolute Gasteiger partial charge is 0.481 e. The van der Waals surface area contributed by atoms with Crippen LogP contribution in [0.3, 0.4) is 0 Å². The van der Waals surface area contributed by atoms with Gasteiger partial charge in [0.15, 0.2) is 5.82 Å². The maximum absolute atomic E-state index is 12.7. The zero-order chi connectivity index (χ0) is 25.0. The minimum Gasteiger partial charge on any atom is -0.481 e. The first-order chi connectivity index (χ1) is 15.9. The monoisotopic (exact) mass is 467 g/mol. The van der Waals surface area contributed by atoms with Gasteiger partial charge in [0.25, 0.3) is 5.91 Å². The van der Waals surface area contributed by atoms with Crippen molar-refractivity contribution in [3.05, 3.63) is 58.6 Å². The van der Waals surface area contributed by atoms with Crippen molar-refractivity contribution in [3.63, 3.8) is 0 Å². The van der Waals surface area contributed by atoms with Crippen LogP contribution in [0, 0.1) is 13.8 Å². The molecule has 0 aliphatic rings. The molecular formula is C24H29N5O5. The molecule has 1 aromatic carbocycles. The summed E-state index contributed by atoms with van der Waals surface area (Å²) in [7, 11) is 0. The lowest BCUT2D eigenvalue weighted by molar-refractivity contribution is -0.136. The molecule has 0 bridgehead atoms. The number of H-pyrrole nitrogens is 1. The fourth-order valence-corrected chi connectivity index (χ4v) is 3.42. The fourth-order valence-electron chi connectivity index (χ4n) is 3.42. The van der Waals surface area contributed by atoms with E-state index in [0.29, 0.717) is 35.1 Å². The Morgan fingerprint density at radius 2 is 1.65 bits per heavy atom. The number of hydrogen-bond acceptors (Lipinski definition) is 5. The Labute approximate surface area is 197 Å². The Bertz CT molecular complexity index is 1200. The summed E-state index contributed by atoms with van der Waals surface area (Å²) in [6.45, 7) is 9.55. The first-order valence-corrected chi connectivity index (χ1v) is 10.8. The molecular weight excluding hydrogens is 438 g/mol. The number of anilines is 3. The third kappa shape index (κ3) is 6.03. The normalized spacial score (nSPS) is 11.2. The molecule has 3 amide bonds.